The summed E-state index contributed by atoms with van der Waals surface area (Å²) in [6, 6.07) is 49.1. The fourth-order valence-electron chi connectivity index (χ4n) is 7.10. The summed E-state index contributed by atoms with van der Waals surface area (Å²) in [5.41, 5.74) is 6.01. The molecule has 0 aliphatic rings. The zero-order chi connectivity index (χ0) is 55.2. The number of hydrogen-bond acceptors (Lipinski definition) is 15. The van der Waals surface area contributed by atoms with E-state index in [4.69, 9.17) is 23.7 Å². The van der Waals surface area contributed by atoms with E-state index >= 15 is 0 Å². The lowest BCUT2D eigenvalue weighted by Gasteiger charge is -2.20. The molecule has 7 aromatic carbocycles. The topological polar surface area (TPSA) is 170 Å². The van der Waals surface area contributed by atoms with Crippen molar-refractivity contribution in [3.05, 3.63) is 193 Å². The highest BCUT2D eigenvalue weighted by Gasteiger charge is 2.27. The van der Waals surface area contributed by atoms with Crippen molar-refractivity contribution < 1.29 is 42.9 Å². The van der Waals surface area contributed by atoms with Gasteiger partial charge in [0.15, 0.2) is 0 Å². The van der Waals surface area contributed by atoms with E-state index in [0.29, 0.717) is 51.9 Å². The number of benzene rings is 7. The van der Waals surface area contributed by atoms with Crippen LogP contribution in [0.5, 0.6) is 28.7 Å². The summed E-state index contributed by atoms with van der Waals surface area (Å²) in [4.78, 5) is 53.9. The molecule has 0 unspecified atom stereocenters. The maximum absolute atomic E-state index is 12.7. The normalized spacial score (nSPS) is 11.2. The van der Waals surface area contributed by atoms with Crippen LogP contribution < -0.4 is 33.5 Å². The van der Waals surface area contributed by atoms with E-state index in [1.54, 1.807) is 110 Å². The van der Waals surface area contributed by atoms with Gasteiger partial charge in [-0.3, -0.25) is 4.79 Å². The first-order valence-electron chi connectivity index (χ1n) is 25.4. The second-order valence-corrected chi connectivity index (χ2v) is 17.7. The first kappa shape index (κ1) is 57.0. The van der Waals surface area contributed by atoms with Gasteiger partial charge in [-0.25, -0.2) is 14.4 Å². The van der Waals surface area contributed by atoms with Gasteiger partial charge in [-0.15, -0.1) is 0 Å². The fraction of sp³-hybridized carbons (Fsp3) is 0.226. The number of carbonyl (C=O) groups is 4. The molecule has 0 aliphatic carbocycles. The average molecular weight is 1040 g/mol. The average Bonchev–Trinajstić information content (AvgIpc) is 3.46. The minimum Gasteiger partial charge on any atom is -0.497 e. The van der Waals surface area contributed by atoms with Crippen LogP contribution in [0.15, 0.2) is 196 Å². The molecule has 77 heavy (non-hydrogen) atoms. The summed E-state index contributed by atoms with van der Waals surface area (Å²) < 4.78 is 26.7. The molecule has 0 amide bonds. The lowest BCUT2D eigenvalue weighted by molar-refractivity contribution is -0.144. The Kier molecular flexibility index (Phi) is 21.1. The van der Waals surface area contributed by atoms with E-state index in [2.05, 4.69) is 58.0 Å². The SMILES string of the molecule is CCC(C)(C)C(=O)Oc1ccc(OC(=O)C=Cc2ccc(OC)cc2)cc1.CCN(CC)c1ccc(N=Nc2ccc(C(=O)Oc3ccc(OC(=O)c4ccc(N=Nc5ccc(N(CC)CC)cc5)cc4)cc3)cc2)cc1. The van der Waals surface area contributed by atoms with Crippen molar-refractivity contribution in [3.63, 3.8) is 0 Å². The predicted octanol–water partition coefficient (Wildman–Crippen LogP) is 15.3. The molecule has 0 saturated heterocycles. The Bertz CT molecular complexity index is 2950. The lowest BCUT2D eigenvalue weighted by Crippen LogP contribution is -2.28. The van der Waals surface area contributed by atoms with Crippen LogP contribution in [0.4, 0.5) is 34.1 Å². The monoisotopic (exact) mass is 1040 g/mol. The quantitative estimate of drug-likeness (QED) is 0.0290. The number of hydrogen-bond donors (Lipinski definition) is 0. The highest BCUT2D eigenvalue weighted by Crippen LogP contribution is 2.28. The number of nitrogens with zero attached hydrogens (tertiary/aromatic N) is 6. The first-order valence-corrected chi connectivity index (χ1v) is 25.4. The van der Waals surface area contributed by atoms with E-state index in [-0.39, 0.29) is 5.97 Å². The number of ether oxygens (including phenoxy) is 5. The molecule has 0 N–H and O–H groups in total. The number of carbonyl (C=O) groups excluding carboxylic acids is 4. The largest absolute Gasteiger partial charge is 0.497 e. The Labute approximate surface area is 450 Å². The van der Waals surface area contributed by atoms with Gasteiger partial charge < -0.3 is 33.5 Å². The molecule has 0 heterocycles. The third-order valence-electron chi connectivity index (χ3n) is 12.2. The molecule has 0 aromatic heterocycles. The maximum Gasteiger partial charge on any atom is 0.343 e. The van der Waals surface area contributed by atoms with Crippen molar-refractivity contribution in [3.8, 4) is 28.7 Å². The Morgan fingerprint density at radius 1 is 0.429 bits per heavy atom. The van der Waals surface area contributed by atoms with Gasteiger partial charge in [0.05, 0.1) is 46.4 Å². The van der Waals surface area contributed by atoms with Gasteiger partial charge in [0.2, 0.25) is 0 Å². The van der Waals surface area contributed by atoms with E-state index in [0.717, 1.165) is 60.2 Å². The van der Waals surface area contributed by atoms with Crippen molar-refractivity contribution in [2.24, 2.45) is 25.9 Å². The van der Waals surface area contributed by atoms with Crippen LogP contribution in [-0.2, 0) is 9.59 Å². The molecular formula is C62H64N6O9. The van der Waals surface area contributed by atoms with Gasteiger partial charge >= 0.3 is 23.9 Å². The summed E-state index contributed by atoms with van der Waals surface area (Å²) >= 11 is 0. The summed E-state index contributed by atoms with van der Waals surface area (Å²) in [6.45, 7) is 17.8. The number of rotatable bonds is 21. The fourth-order valence-corrected chi connectivity index (χ4v) is 7.10. The van der Waals surface area contributed by atoms with E-state index in [1.807, 2.05) is 93.6 Å². The first-order chi connectivity index (χ1) is 37.2. The van der Waals surface area contributed by atoms with E-state index in [9.17, 15) is 19.2 Å². The van der Waals surface area contributed by atoms with Crippen molar-refractivity contribution >= 4 is 64.1 Å². The van der Waals surface area contributed by atoms with Gasteiger partial charge in [0.1, 0.15) is 28.7 Å². The van der Waals surface area contributed by atoms with Crippen LogP contribution in [0.2, 0.25) is 0 Å². The van der Waals surface area contributed by atoms with Crippen LogP contribution in [0.3, 0.4) is 0 Å². The minimum atomic E-state index is -0.544. The van der Waals surface area contributed by atoms with E-state index < -0.39 is 23.3 Å². The summed E-state index contributed by atoms with van der Waals surface area (Å²) in [5, 5.41) is 17.1. The van der Waals surface area contributed by atoms with Crippen molar-refractivity contribution in [2.45, 2.75) is 54.9 Å². The molecule has 0 aliphatic heterocycles. The van der Waals surface area contributed by atoms with Gasteiger partial charge in [-0.1, -0.05) is 19.1 Å². The van der Waals surface area contributed by atoms with Crippen molar-refractivity contribution in [2.75, 3.05) is 43.1 Å². The molecule has 7 aromatic rings. The zero-order valence-electron chi connectivity index (χ0n) is 44.7. The summed E-state index contributed by atoms with van der Waals surface area (Å²) in [7, 11) is 1.60. The second kappa shape index (κ2) is 28.4. The van der Waals surface area contributed by atoms with Gasteiger partial charge in [-0.2, -0.15) is 20.5 Å². The minimum absolute atomic E-state index is 0.294. The highest BCUT2D eigenvalue weighted by atomic mass is 16.5. The Balaban J connectivity index is 0.000000300. The molecule has 0 bridgehead atoms. The molecule has 396 valence electrons. The number of anilines is 2. The van der Waals surface area contributed by atoms with Crippen LogP contribution in [0.25, 0.3) is 6.08 Å². The smallest absolute Gasteiger partial charge is 0.343 e. The lowest BCUT2D eigenvalue weighted by atomic mass is 9.91. The summed E-state index contributed by atoms with van der Waals surface area (Å²) in [6.07, 6.45) is 3.69. The predicted molar refractivity (Wildman–Crippen MR) is 301 cm³/mol. The number of azo groups is 2. The third kappa shape index (κ3) is 17.4. The van der Waals surface area contributed by atoms with Crippen LogP contribution in [0.1, 0.15) is 81.2 Å². The van der Waals surface area contributed by atoms with Crippen LogP contribution in [-0.4, -0.2) is 57.2 Å². The van der Waals surface area contributed by atoms with E-state index in [1.165, 1.54) is 6.08 Å². The number of methoxy groups -OCH3 is 1. The molecular weight excluding hydrogens is 973 g/mol. The molecule has 15 heteroatoms. The third-order valence-corrected chi connectivity index (χ3v) is 12.2. The molecule has 15 nitrogen and oxygen atoms in total. The molecule has 0 spiro atoms. The summed E-state index contributed by atoms with van der Waals surface area (Å²) in [5.74, 6) is 0.299. The van der Waals surface area contributed by atoms with Gasteiger partial charge in [-0.05, 0) is 217 Å². The molecule has 0 saturated carbocycles. The van der Waals surface area contributed by atoms with Crippen molar-refractivity contribution in [1.29, 1.82) is 0 Å². The standard InChI is InChI=1S/C40H40N6O4.C22H24O5/c1-5-45(6-2)35-21-17-33(18-22-35)43-41-31-13-9-29(10-14-31)39(47)49-37-25-27-38(28-26-37)50-40(48)30-11-15-32(16-12-30)42-44-34-19-23-36(24-20-34)46(7-3)8-4;1-5-22(2,3)21(24)27-19-13-11-18(12-14-19)26-20(23)15-8-16-6-9-17(25-4)10-7-16/h9-28H,5-8H2,1-4H3;6-15H,5H2,1-4H3. The Morgan fingerprint density at radius 3 is 1.09 bits per heavy atom. The maximum atomic E-state index is 12.7. The second-order valence-electron chi connectivity index (χ2n) is 17.7. The molecule has 7 rings (SSSR count). The van der Waals surface area contributed by atoms with Gasteiger partial charge in [0, 0.05) is 43.6 Å². The van der Waals surface area contributed by atoms with Crippen LogP contribution in [0, 0.1) is 5.41 Å². The molecule has 0 atom stereocenters. The highest BCUT2D eigenvalue weighted by molar-refractivity contribution is 5.92. The van der Waals surface area contributed by atoms with Crippen LogP contribution >= 0.6 is 0 Å². The van der Waals surface area contributed by atoms with Gasteiger partial charge in [0.25, 0.3) is 0 Å². The molecule has 0 radical (unpaired) electrons. The van der Waals surface area contributed by atoms with Crippen molar-refractivity contribution in [1.82, 2.24) is 0 Å². The Morgan fingerprint density at radius 2 is 0.753 bits per heavy atom. The molecule has 0 fully saturated rings. The number of esters is 4. The Hall–Kier alpha value is -9.24. The zero-order valence-corrected chi connectivity index (χ0v) is 44.7.